The van der Waals surface area contributed by atoms with Gasteiger partial charge in [0, 0.05) is 29.3 Å². The Balaban J connectivity index is 1.81. The fourth-order valence-corrected chi connectivity index (χ4v) is 4.04. The zero-order chi connectivity index (χ0) is 16.4. The maximum Gasteiger partial charge on any atom is 0.261 e. The molecular weight excluding hydrogens is 317 g/mol. The molecule has 1 aliphatic rings. The van der Waals surface area contributed by atoms with Crippen molar-refractivity contribution in [3.63, 3.8) is 0 Å². The van der Waals surface area contributed by atoms with Crippen LogP contribution in [-0.4, -0.2) is 30.8 Å². The predicted octanol–water partition coefficient (Wildman–Crippen LogP) is 3.08. The topological polar surface area (TPSA) is 58.6 Å². The summed E-state index contributed by atoms with van der Waals surface area (Å²) in [6.45, 7) is 0.404. The molecule has 0 radical (unpaired) electrons. The van der Waals surface area contributed by atoms with Crippen molar-refractivity contribution >= 4 is 27.3 Å². The molecule has 1 atom stereocenters. The quantitative estimate of drug-likeness (QED) is 0.852. The highest BCUT2D eigenvalue weighted by atomic mass is 32.1. The number of halogens is 1. The monoisotopic (exact) mass is 337 g/mol. The number of amides is 1. The van der Waals surface area contributed by atoms with Crippen LogP contribution in [-0.2, 0) is 11.3 Å². The first-order valence-electron chi connectivity index (χ1n) is 7.77. The second-order valence-electron chi connectivity index (χ2n) is 5.92. The summed E-state index contributed by atoms with van der Waals surface area (Å²) in [5, 5.41) is 13.2. The number of hydrogen-bond acceptors (Lipinski definition) is 4. The molecule has 1 fully saturated rings. The van der Waals surface area contributed by atoms with Crippen molar-refractivity contribution in [2.75, 3.05) is 13.7 Å². The fourth-order valence-electron chi connectivity index (χ4n) is 2.90. The van der Waals surface area contributed by atoms with E-state index in [0.717, 1.165) is 24.0 Å². The zero-order valence-electron chi connectivity index (χ0n) is 13.0. The maximum absolute atomic E-state index is 14.1. The molecule has 23 heavy (non-hydrogen) atoms. The summed E-state index contributed by atoms with van der Waals surface area (Å²) in [6.07, 6.45) is 2.66. The molecule has 1 aromatic carbocycles. The van der Waals surface area contributed by atoms with Gasteiger partial charge in [-0.3, -0.25) is 4.79 Å². The van der Waals surface area contributed by atoms with E-state index in [2.05, 4.69) is 5.32 Å². The van der Waals surface area contributed by atoms with E-state index in [-0.39, 0.29) is 30.8 Å². The van der Waals surface area contributed by atoms with Gasteiger partial charge in [-0.15, -0.1) is 11.3 Å². The standard InChI is InChI=1S/C17H20FNO3S/c1-22-9-11-15-12(18)6-3-7-14(15)23-16(11)17(21)19-8-13(20)10-4-2-5-10/h3,6-7,10,13,20H,2,4-5,8-9H2,1H3,(H,19,21)/t13-/m0/s1. The molecule has 3 rings (SSSR count). The largest absolute Gasteiger partial charge is 0.391 e. The van der Waals surface area contributed by atoms with Gasteiger partial charge in [-0.1, -0.05) is 12.5 Å². The molecule has 1 amide bonds. The summed E-state index contributed by atoms with van der Waals surface area (Å²) in [7, 11) is 1.52. The molecule has 6 heteroatoms. The van der Waals surface area contributed by atoms with Gasteiger partial charge in [0.15, 0.2) is 0 Å². The van der Waals surface area contributed by atoms with Crippen LogP contribution >= 0.6 is 11.3 Å². The average molecular weight is 337 g/mol. The third-order valence-electron chi connectivity index (χ3n) is 4.42. The van der Waals surface area contributed by atoms with Crippen molar-refractivity contribution in [1.29, 1.82) is 0 Å². The van der Waals surface area contributed by atoms with E-state index in [1.807, 2.05) is 0 Å². The van der Waals surface area contributed by atoms with Crippen molar-refractivity contribution < 1.29 is 19.0 Å². The minimum Gasteiger partial charge on any atom is -0.391 e. The third kappa shape index (κ3) is 3.24. The van der Waals surface area contributed by atoms with Crippen molar-refractivity contribution in [1.82, 2.24) is 5.32 Å². The van der Waals surface area contributed by atoms with Crippen molar-refractivity contribution in [3.05, 3.63) is 34.5 Å². The number of thiophene rings is 1. The van der Waals surface area contributed by atoms with E-state index < -0.39 is 6.10 Å². The summed E-state index contributed by atoms with van der Waals surface area (Å²) >= 11 is 1.25. The molecule has 2 N–H and O–H groups in total. The lowest BCUT2D eigenvalue weighted by Gasteiger charge is -2.30. The average Bonchev–Trinajstić information content (AvgIpc) is 2.84. The molecule has 1 aliphatic carbocycles. The lowest BCUT2D eigenvalue weighted by Crippen LogP contribution is -2.38. The molecule has 0 aliphatic heterocycles. The summed E-state index contributed by atoms with van der Waals surface area (Å²) in [4.78, 5) is 12.9. The van der Waals surface area contributed by atoms with Gasteiger partial charge in [-0.2, -0.15) is 0 Å². The molecule has 4 nitrogen and oxygen atoms in total. The number of nitrogens with one attached hydrogen (secondary N) is 1. The van der Waals surface area contributed by atoms with E-state index >= 15 is 0 Å². The number of fused-ring (bicyclic) bond motifs is 1. The molecule has 0 saturated heterocycles. The number of aliphatic hydroxyl groups excluding tert-OH is 1. The summed E-state index contributed by atoms with van der Waals surface area (Å²) in [5.74, 6) is -0.344. The van der Waals surface area contributed by atoms with Crippen LogP contribution in [0.1, 0.15) is 34.5 Å². The van der Waals surface area contributed by atoms with Crippen molar-refractivity contribution in [3.8, 4) is 0 Å². The van der Waals surface area contributed by atoms with Gasteiger partial charge in [-0.25, -0.2) is 4.39 Å². The lowest BCUT2D eigenvalue weighted by molar-refractivity contribution is 0.0584. The molecule has 2 aromatic rings. The SMILES string of the molecule is COCc1c(C(=O)NC[C@H](O)C2CCC2)sc2cccc(F)c12. The van der Waals surface area contributed by atoms with Crippen molar-refractivity contribution in [2.45, 2.75) is 32.0 Å². The van der Waals surface area contributed by atoms with Gasteiger partial charge in [0.2, 0.25) is 0 Å². The minimum absolute atomic E-state index is 0.175. The Labute approximate surface area is 138 Å². The van der Waals surface area contributed by atoms with E-state index in [4.69, 9.17) is 4.74 Å². The van der Waals surface area contributed by atoms with Crippen molar-refractivity contribution in [2.24, 2.45) is 5.92 Å². The zero-order valence-corrected chi connectivity index (χ0v) is 13.8. The predicted molar refractivity (Wildman–Crippen MR) is 88.2 cm³/mol. The third-order valence-corrected chi connectivity index (χ3v) is 5.62. The lowest BCUT2D eigenvalue weighted by atomic mass is 9.81. The summed E-state index contributed by atoms with van der Waals surface area (Å²) in [5.41, 5.74) is 0.571. The number of benzene rings is 1. The van der Waals surface area contributed by atoms with Crippen LogP contribution in [0.2, 0.25) is 0 Å². The number of hydrogen-bond donors (Lipinski definition) is 2. The van der Waals surface area contributed by atoms with E-state index in [1.54, 1.807) is 12.1 Å². The van der Waals surface area contributed by atoms with Gasteiger partial charge in [0.05, 0.1) is 17.6 Å². The van der Waals surface area contributed by atoms with Gasteiger partial charge < -0.3 is 15.2 Å². The first-order chi connectivity index (χ1) is 11.1. The smallest absolute Gasteiger partial charge is 0.261 e. The molecule has 0 unspecified atom stereocenters. The number of rotatable bonds is 6. The number of ether oxygens (including phenoxy) is 1. The molecule has 1 heterocycles. The molecule has 0 spiro atoms. The number of methoxy groups -OCH3 is 1. The number of aliphatic hydroxyl groups is 1. The Morgan fingerprint density at radius 3 is 2.96 bits per heavy atom. The molecule has 1 aromatic heterocycles. The second kappa shape index (κ2) is 6.95. The van der Waals surface area contributed by atoms with Crippen LogP contribution in [0.5, 0.6) is 0 Å². The van der Waals surface area contributed by atoms with E-state index in [1.165, 1.54) is 24.5 Å². The first-order valence-corrected chi connectivity index (χ1v) is 8.58. The Morgan fingerprint density at radius 2 is 2.30 bits per heavy atom. The van der Waals surface area contributed by atoms with E-state index in [0.29, 0.717) is 15.8 Å². The van der Waals surface area contributed by atoms with Gasteiger partial charge >= 0.3 is 0 Å². The highest BCUT2D eigenvalue weighted by Gasteiger charge is 2.27. The Morgan fingerprint density at radius 1 is 1.52 bits per heavy atom. The van der Waals surface area contributed by atoms with Crippen LogP contribution in [0, 0.1) is 11.7 Å². The summed E-state index contributed by atoms with van der Waals surface area (Å²) in [6, 6.07) is 4.81. The van der Waals surface area contributed by atoms with Gasteiger partial charge in [-0.05, 0) is 30.9 Å². The Bertz CT molecular complexity index is 711. The summed E-state index contributed by atoms with van der Waals surface area (Å²) < 4.78 is 20.0. The maximum atomic E-state index is 14.1. The molecule has 0 bridgehead atoms. The van der Waals surface area contributed by atoms with Crippen LogP contribution in [0.3, 0.4) is 0 Å². The molecule has 124 valence electrons. The second-order valence-corrected chi connectivity index (χ2v) is 6.98. The van der Waals surface area contributed by atoms with Crippen LogP contribution in [0.25, 0.3) is 10.1 Å². The first kappa shape index (κ1) is 16.4. The number of carbonyl (C=O) groups excluding carboxylic acids is 1. The minimum atomic E-state index is -0.510. The van der Waals surface area contributed by atoms with Crippen LogP contribution in [0.15, 0.2) is 18.2 Å². The highest BCUT2D eigenvalue weighted by Crippen LogP contribution is 2.34. The van der Waals surface area contributed by atoms with Crippen LogP contribution < -0.4 is 5.32 Å². The van der Waals surface area contributed by atoms with Crippen LogP contribution in [0.4, 0.5) is 4.39 Å². The molecule has 1 saturated carbocycles. The Hall–Kier alpha value is -1.50. The highest BCUT2D eigenvalue weighted by molar-refractivity contribution is 7.21. The van der Waals surface area contributed by atoms with Gasteiger partial charge in [0.25, 0.3) is 5.91 Å². The number of carbonyl (C=O) groups is 1. The molecular formula is C17H20FNO3S. The Kier molecular flexibility index (Phi) is 4.94. The fraction of sp³-hybridized carbons (Fsp3) is 0.471. The van der Waals surface area contributed by atoms with Gasteiger partial charge in [0.1, 0.15) is 5.82 Å². The normalized spacial score (nSPS) is 16.3. The van der Waals surface area contributed by atoms with E-state index in [9.17, 15) is 14.3 Å².